The summed E-state index contributed by atoms with van der Waals surface area (Å²) in [5.41, 5.74) is 6.12. The fourth-order valence-corrected chi connectivity index (χ4v) is 3.13. The lowest BCUT2D eigenvalue weighted by Crippen LogP contribution is -2.27. The number of aliphatic imine (C=N–C) groups is 1. The van der Waals surface area contributed by atoms with E-state index in [1.807, 2.05) is 0 Å². The Kier molecular flexibility index (Phi) is 4.68. The fourth-order valence-electron chi connectivity index (χ4n) is 3.13. The van der Waals surface area contributed by atoms with Crippen molar-refractivity contribution in [2.45, 2.75) is 64.2 Å². The summed E-state index contributed by atoms with van der Waals surface area (Å²) in [4.78, 5) is 4.67. The van der Waals surface area contributed by atoms with Crippen molar-refractivity contribution in [3.8, 4) is 0 Å². The van der Waals surface area contributed by atoms with Gasteiger partial charge in [0.25, 0.3) is 0 Å². The number of hydrogen-bond acceptors (Lipinski definition) is 1. The summed E-state index contributed by atoms with van der Waals surface area (Å²) in [5.74, 6) is 2.40. The van der Waals surface area contributed by atoms with Crippen molar-refractivity contribution in [1.82, 2.24) is 0 Å². The smallest absolute Gasteiger partial charge is 0.0968 e. The summed E-state index contributed by atoms with van der Waals surface area (Å²) >= 11 is 0. The molecule has 2 heteroatoms. The molecule has 0 unspecified atom stereocenters. The van der Waals surface area contributed by atoms with Crippen LogP contribution in [0.2, 0.25) is 0 Å². The SMILES string of the molecule is NC(=NCC1CCCCC1)C1CCCCC1. The van der Waals surface area contributed by atoms with E-state index in [2.05, 4.69) is 4.99 Å². The largest absolute Gasteiger partial charge is 0.387 e. The number of amidine groups is 1. The maximum atomic E-state index is 6.12. The minimum absolute atomic E-state index is 0.609. The van der Waals surface area contributed by atoms with Crippen LogP contribution in [0.4, 0.5) is 0 Å². The number of nitrogens with zero attached hydrogens (tertiary/aromatic N) is 1. The molecule has 0 heterocycles. The molecule has 0 radical (unpaired) electrons. The van der Waals surface area contributed by atoms with Gasteiger partial charge in [-0.15, -0.1) is 0 Å². The first kappa shape index (κ1) is 11.9. The average molecular weight is 222 g/mol. The Morgan fingerprint density at radius 2 is 1.44 bits per heavy atom. The zero-order valence-electron chi connectivity index (χ0n) is 10.5. The maximum Gasteiger partial charge on any atom is 0.0968 e. The third kappa shape index (κ3) is 3.50. The van der Waals surface area contributed by atoms with E-state index in [9.17, 15) is 0 Å². The van der Waals surface area contributed by atoms with Gasteiger partial charge < -0.3 is 5.73 Å². The van der Waals surface area contributed by atoms with Crippen molar-refractivity contribution in [1.29, 1.82) is 0 Å². The lowest BCUT2D eigenvalue weighted by Gasteiger charge is -2.23. The van der Waals surface area contributed by atoms with E-state index >= 15 is 0 Å². The van der Waals surface area contributed by atoms with Gasteiger partial charge in [0.15, 0.2) is 0 Å². The van der Waals surface area contributed by atoms with Crippen LogP contribution in [0, 0.1) is 11.8 Å². The van der Waals surface area contributed by atoms with Gasteiger partial charge in [-0.05, 0) is 31.6 Å². The topological polar surface area (TPSA) is 38.4 Å². The van der Waals surface area contributed by atoms with Crippen molar-refractivity contribution >= 4 is 5.84 Å². The Labute approximate surface area is 99.7 Å². The van der Waals surface area contributed by atoms with E-state index in [1.165, 1.54) is 64.2 Å². The Morgan fingerprint density at radius 3 is 2.06 bits per heavy atom. The van der Waals surface area contributed by atoms with Gasteiger partial charge in [0.1, 0.15) is 0 Å². The molecule has 0 atom stereocenters. The third-order valence-electron chi connectivity index (χ3n) is 4.28. The number of rotatable bonds is 3. The van der Waals surface area contributed by atoms with Crippen LogP contribution in [0.5, 0.6) is 0 Å². The quantitative estimate of drug-likeness (QED) is 0.576. The first-order valence-electron chi connectivity index (χ1n) is 7.16. The second-order valence-corrected chi connectivity index (χ2v) is 5.60. The van der Waals surface area contributed by atoms with Crippen LogP contribution >= 0.6 is 0 Å². The molecule has 16 heavy (non-hydrogen) atoms. The van der Waals surface area contributed by atoms with Crippen molar-refractivity contribution in [3.05, 3.63) is 0 Å². The number of hydrogen-bond donors (Lipinski definition) is 1. The molecule has 0 aromatic carbocycles. The molecule has 0 spiro atoms. The predicted molar refractivity (Wildman–Crippen MR) is 69.6 cm³/mol. The minimum Gasteiger partial charge on any atom is -0.387 e. The summed E-state index contributed by atoms with van der Waals surface area (Å²) in [6.07, 6.45) is 13.6. The normalized spacial score (nSPS) is 25.9. The van der Waals surface area contributed by atoms with Crippen molar-refractivity contribution in [2.24, 2.45) is 22.6 Å². The molecule has 2 N–H and O–H groups in total. The van der Waals surface area contributed by atoms with Gasteiger partial charge in [0, 0.05) is 12.5 Å². The Hall–Kier alpha value is -0.530. The van der Waals surface area contributed by atoms with E-state index in [0.717, 1.165) is 18.3 Å². The summed E-state index contributed by atoms with van der Waals surface area (Å²) in [6, 6.07) is 0. The van der Waals surface area contributed by atoms with E-state index < -0.39 is 0 Å². The summed E-state index contributed by atoms with van der Waals surface area (Å²) in [5, 5.41) is 0. The Morgan fingerprint density at radius 1 is 0.875 bits per heavy atom. The van der Waals surface area contributed by atoms with Gasteiger partial charge in [-0.1, -0.05) is 38.5 Å². The molecule has 2 saturated carbocycles. The van der Waals surface area contributed by atoms with Crippen LogP contribution < -0.4 is 5.73 Å². The molecule has 0 aromatic heterocycles. The van der Waals surface area contributed by atoms with E-state index in [4.69, 9.17) is 5.73 Å². The molecule has 0 saturated heterocycles. The standard InChI is InChI=1S/C14H26N2/c15-14(13-9-5-2-6-10-13)16-11-12-7-3-1-4-8-12/h12-13H,1-11H2,(H2,15,16). The highest BCUT2D eigenvalue weighted by Crippen LogP contribution is 2.26. The first-order chi connectivity index (χ1) is 7.86. The molecular formula is C14H26N2. The predicted octanol–water partition coefficient (Wildman–Crippen LogP) is 3.50. The highest BCUT2D eigenvalue weighted by Gasteiger charge is 2.18. The molecule has 0 bridgehead atoms. The fraction of sp³-hybridized carbons (Fsp3) is 0.929. The van der Waals surface area contributed by atoms with Crippen molar-refractivity contribution < 1.29 is 0 Å². The first-order valence-corrected chi connectivity index (χ1v) is 7.16. The molecule has 2 rings (SSSR count). The van der Waals surface area contributed by atoms with Crippen LogP contribution in [0.25, 0.3) is 0 Å². The third-order valence-corrected chi connectivity index (χ3v) is 4.28. The second-order valence-electron chi connectivity index (χ2n) is 5.60. The summed E-state index contributed by atoms with van der Waals surface area (Å²) in [6.45, 7) is 1.00. The van der Waals surface area contributed by atoms with Gasteiger partial charge in [-0.3, -0.25) is 4.99 Å². The number of nitrogens with two attached hydrogens (primary N) is 1. The maximum absolute atomic E-state index is 6.12. The van der Waals surface area contributed by atoms with E-state index in [0.29, 0.717) is 5.92 Å². The van der Waals surface area contributed by atoms with Crippen LogP contribution in [0.1, 0.15) is 64.2 Å². The highest BCUT2D eigenvalue weighted by atomic mass is 14.9. The van der Waals surface area contributed by atoms with E-state index in [1.54, 1.807) is 0 Å². The lowest BCUT2D eigenvalue weighted by atomic mass is 9.87. The molecular weight excluding hydrogens is 196 g/mol. The van der Waals surface area contributed by atoms with Crippen LogP contribution in [0.3, 0.4) is 0 Å². The van der Waals surface area contributed by atoms with Crippen molar-refractivity contribution in [3.63, 3.8) is 0 Å². The van der Waals surface area contributed by atoms with Gasteiger partial charge in [0.05, 0.1) is 5.84 Å². The zero-order valence-corrected chi connectivity index (χ0v) is 10.5. The molecule has 2 aliphatic rings. The molecule has 2 fully saturated rings. The lowest BCUT2D eigenvalue weighted by molar-refractivity contribution is 0.365. The monoisotopic (exact) mass is 222 g/mol. The molecule has 0 aromatic rings. The molecule has 2 aliphatic carbocycles. The molecule has 0 amide bonds. The van der Waals surface area contributed by atoms with Gasteiger partial charge in [-0.2, -0.15) is 0 Å². The van der Waals surface area contributed by atoms with Gasteiger partial charge in [0.2, 0.25) is 0 Å². The van der Waals surface area contributed by atoms with Gasteiger partial charge >= 0.3 is 0 Å². The molecule has 0 aliphatic heterocycles. The van der Waals surface area contributed by atoms with Crippen LogP contribution in [-0.4, -0.2) is 12.4 Å². The molecule has 92 valence electrons. The van der Waals surface area contributed by atoms with E-state index in [-0.39, 0.29) is 0 Å². The zero-order chi connectivity index (χ0) is 11.2. The van der Waals surface area contributed by atoms with Crippen LogP contribution in [0.15, 0.2) is 4.99 Å². The average Bonchev–Trinajstić information content (AvgIpc) is 2.38. The summed E-state index contributed by atoms with van der Waals surface area (Å²) < 4.78 is 0. The van der Waals surface area contributed by atoms with Crippen molar-refractivity contribution in [2.75, 3.05) is 6.54 Å². The highest BCUT2D eigenvalue weighted by molar-refractivity contribution is 5.82. The minimum atomic E-state index is 0.609. The van der Waals surface area contributed by atoms with Gasteiger partial charge in [-0.25, -0.2) is 0 Å². The Balaban J connectivity index is 1.76. The van der Waals surface area contributed by atoms with Crippen LogP contribution in [-0.2, 0) is 0 Å². The Bertz CT molecular complexity index is 223. The summed E-state index contributed by atoms with van der Waals surface area (Å²) in [7, 11) is 0. The molecule has 2 nitrogen and oxygen atoms in total. The second kappa shape index (κ2) is 6.27.